The lowest BCUT2D eigenvalue weighted by molar-refractivity contribution is -0.158. The lowest BCUT2D eigenvalue weighted by Gasteiger charge is -2.19. The highest BCUT2D eigenvalue weighted by Crippen LogP contribution is 2.32. The van der Waals surface area contributed by atoms with E-state index >= 15 is 0 Å². The van der Waals surface area contributed by atoms with Crippen molar-refractivity contribution in [3.05, 3.63) is 20.8 Å². The van der Waals surface area contributed by atoms with E-state index in [4.69, 9.17) is 21.6 Å². The number of rotatable bonds is 4. The zero-order valence-corrected chi connectivity index (χ0v) is 15.0. The van der Waals surface area contributed by atoms with Gasteiger partial charge in [0.25, 0.3) is 5.56 Å². The highest BCUT2D eigenvalue weighted by molar-refractivity contribution is 5.75. The van der Waals surface area contributed by atoms with Gasteiger partial charge in [-0.2, -0.15) is 4.98 Å². The maximum atomic E-state index is 13.0. The smallest absolute Gasteiger partial charge is 0.335 e. The van der Waals surface area contributed by atoms with Crippen LogP contribution < -0.4 is 17.0 Å². The number of carbonyl (C=O) groups excluding carboxylic acids is 2. The van der Waals surface area contributed by atoms with Crippen LogP contribution in [0.4, 0.5) is 5.95 Å². The van der Waals surface area contributed by atoms with Gasteiger partial charge in [0.2, 0.25) is 5.95 Å². The number of anilines is 1. The molecule has 3 heterocycles. The maximum Gasteiger partial charge on any atom is 0.335 e. The van der Waals surface area contributed by atoms with Crippen LogP contribution in [0.2, 0.25) is 0 Å². The molecule has 28 heavy (non-hydrogen) atoms. The molecule has 3 N–H and O–H groups in total. The van der Waals surface area contributed by atoms with Crippen molar-refractivity contribution < 1.29 is 23.8 Å². The van der Waals surface area contributed by atoms with E-state index in [-0.39, 0.29) is 30.1 Å². The first kappa shape index (κ1) is 19.2. The molecule has 2 aromatic rings. The van der Waals surface area contributed by atoms with Gasteiger partial charge in [0.05, 0.1) is 13.7 Å². The Hall–Kier alpha value is -3.59. The molecule has 3 atom stereocenters. The maximum absolute atomic E-state index is 13.0. The molecule has 0 aliphatic carbocycles. The van der Waals surface area contributed by atoms with Crippen molar-refractivity contribution >= 4 is 29.1 Å². The van der Waals surface area contributed by atoms with Gasteiger partial charge in [0, 0.05) is 13.3 Å². The van der Waals surface area contributed by atoms with Crippen molar-refractivity contribution in [1.29, 1.82) is 0 Å². The summed E-state index contributed by atoms with van der Waals surface area (Å²) in [4.78, 5) is 55.0. The summed E-state index contributed by atoms with van der Waals surface area (Å²) >= 11 is 0. The molecule has 1 fully saturated rings. The van der Waals surface area contributed by atoms with E-state index in [1.807, 2.05) is 0 Å². The quantitative estimate of drug-likeness (QED) is 0.466. The average molecular weight is 391 g/mol. The Morgan fingerprint density at radius 2 is 2.18 bits per heavy atom. The Bertz CT molecular complexity index is 1110. The zero-order chi connectivity index (χ0) is 20.6. The van der Waals surface area contributed by atoms with Crippen LogP contribution in [0.5, 0.6) is 0 Å². The van der Waals surface area contributed by atoms with Crippen LogP contribution in [0.25, 0.3) is 11.2 Å². The summed E-state index contributed by atoms with van der Waals surface area (Å²) in [6.07, 6.45) is 1.91. The highest BCUT2D eigenvalue weighted by atomic mass is 16.6. The molecule has 1 aliphatic rings. The summed E-state index contributed by atoms with van der Waals surface area (Å²) in [6.45, 7) is 0.955. The number of aromatic amines is 1. The number of imidazole rings is 1. The molecular weight excluding hydrogens is 374 g/mol. The van der Waals surface area contributed by atoms with Crippen molar-refractivity contribution in [2.75, 3.05) is 12.8 Å². The van der Waals surface area contributed by atoms with E-state index in [9.17, 15) is 19.2 Å². The van der Waals surface area contributed by atoms with Crippen LogP contribution in [0.1, 0.15) is 19.6 Å². The fourth-order valence-electron chi connectivity index (χ4n) is 3.14. The number of methoxy groups -OCH3 is 1. The Morgan fingerprint density at radius 3 is 2.79 bits per heavy atom. The second-order valence-corrected chi connectivity index (χ2v) is 5.99. The highest BCUT2D eigenvalue weighted by Gasteiger charge is 2.44. The molecule has 1 saturated heterocycles. The van der Waals surface area contributed by atoms with Gasteiger partial charge in [0.15, 0.2) is 29.6 Å². The van der Waals surface area contributed by atoms with Crippen LogP contribution in [-0.4, -0.2) is 50.4 Å². The molecule has 3 rings (SSSR count). The molecule has 0 amide bonds. The monoisotopic (exact) mass is 391 g/mol. The predicted molar refractivity (Wildman–Crippen MR) is 94.0 cm³/mol. The number of nitrogen functional groups attached to an aromatic ring is 1. The third kappa shape index (κ3) is 3.12. The van der Waals surface area contributed by atoms with Crippen molar-refractivity contribution in [3.63, 3.8) is 0 Å². The number of fused-ring (bicyclic) bond motifs is 1. The second-order valence-electron chi connectivity index (χ2n) is 5.99. The molecule has 0 saturated carbocycles. The summed E-state index contributed by atoms with van der Waals surface area (Å²) < 4.78 is 17.5. The van der Waals surface area contributed by atoms with Crippen molar-refractivity contribution in [1.82, 2.24) is 19.1 Å². The Labute approximate surface area is 157 Å². The van der Waals surface area contributed by atoms with Gasteiger partial charge >= 0.3 is 17.6 Å². The van der Waals surface area contributed by atoms with Crippen LogP contribution in [0.3, 0.4) is 0 Å². The first-order chi connectivity index (χ1) is 13.3. The zero-order valence-electron chi connectivity index (χ0n) is 15.0. The normalized spacial score (nSPS) is 21.4. The summed E-state index contributed by atoms with van der Waals surface area (Å²) in [5.74, 6) is 0.693. The van der Waals surface area contributed by atoms with Gasteiger partial charge < -0.3 is 19.9 Å². The number of H-pyrrole nitrogens is 1. The number of hydrogen-bond acceptors (Lipinski definition) is 9. The minimum absolute atomic E-state index is 0.0517. The third-order valence-corrected chi connectivity index (χ3v) is 4.18. The SMILES string of the molecule is C#CCn1c(=O)n([C@@H]2O[C@H](C(=O)OC)C[C@H]2OC(C)=O)c2nc(N)[nH]c(=O)c21. The van der Waals surface area contributed by atoms with E-state index in [0.29, 0.717) is 0 Å². The second kappa shape index (κ2) is 7.20. The largest absolute Gasteiger partial charge is 0.467 e. The molecule has 12 nitrogen and oxygen atoms in total. The number of carbonyl (C=O) groups is 2. The molecule has 2 aromatic heterocycles. The summed E-state index contributed by atoms with van der Waals surface area (Å²) in [5.41, 5.74) is 3.96. The Balaban J connectivity index is 2.23. The van der Waals surface area contributed by atoms with Crippen molar-refractivity contribution in [3.8, 4) is 12.3 Å². The first-order valence-corrected chi connectivity index (χ1v) is 8.13. The number of terminal acetylenes is 1. The molecule has 0 radical (unpaired) electrons. The predicted octanol–water partition coefficient (Wildman–Crippen LogP) is -1.51. The average Bonchev–Trinajstić information content (AvgIpc) is 3.13. The minimum Gasteiger partial charge on any atom is -0.467 e. The summed E-state index contributed by atoms with van der Waals surface area (Å²) in [6, 6.07) is 0. The number of nitrogens with one attached hydrogen (secondary N) is 1. The molecule has 12 heteroatoms. The number of nitrogens with zero attached hydrogens (tertiary/aromatic N) is 3. The fourth-order valence-corrected chi connectivity index (χ4v) is 3.14. The van der Waals surface area contributed by atoms with Gasteiger partial charge in [-0.05, 0) is 0 Å². The molecule has 0 spiro atoms. The third-order valence-electron chi connectivity index (χ3n) is 4.18. The number of ether oxygens (including phenoxy) is 3. The standard InChI is InChI=1S/C16H17N5O7/c1-4-5-20-10-11(18-15(17)19-12(10)23)21(16(20)25)13-8(27-7(2)22)6-9(28-13)14(24)26-3/h1,8-9,13H,5-6H2,2-3H3,(H3,17,18,19,23)/t8-,9+,13-/m1/s1. The van der Waals surface area contributed by atoms with Crippen LogP contribution in [-0.2, 0) is 30.3 Å². The van der Waals surface area contributed by atoms with Crippen LogP contribution in [0, 0.1) is 12.3 Å². The Kier molecular flexibility index (Phi) is 4.93. The van der Waals surface area contributed by atoms with E-state index in [0.717, 1.165) is 9.13 Å². The van der Waals surface area contributed by atoms with E-state index in [1.54, 1.807) is 0 Å². The Morgan fingerprint density at radius 1 is 1.46 bits per heavy atom. The molecule has 1 aliphatic heterocycles. The van der Waals surface area contributed by atoms with E-state index in [1.165, 1.54) is 14.0 Å². The molecule has 148 valence electrons. The van der Waals surface area contributed by atoms with Crippen molar-refractivity contribution in [2.45, 2.75) is 38.3 Å². The molecular formula is C16H17N5O7. The molecule has 0 unspecified atom stereocenters. The van der Waals surface area contributed by atoms with Gasteiger partial charge in [-0.15, -0.1) is 6.42 Å². The lowest BCUT2D eigenvalue weighted by Crippen LogP contribution is -2.33. The fraction of sp³-hybridized carbons (Fsp3) is 0.438. The topological polar surface area (TPSA) is 161 Å². The summed E-state index contributed by atoms with van der Waals surface area (Å²) in [5, 5.41) is 0. The molecule has 0 aromatic carbocycles. The number of esters is 2. The number of nitrogens with two attached hydrogens (primary N) is 1. The van der Waals surface area contributed by atoms with Gasteiger partial charge in [-0.3, -0.25) is 19.1 Å². The lowest BCUT2D eigenvalue weighted by atomic mass is 10.2. The molecule has 0 bridgehead atoms. The van der Waals surface area contributed by atoms with Gasteiger partial charge in [0.1, 0.15) is 0 Å². The number of aromatic nitrogens is 4. The van der Waals surface area contributed by atoms with E-state index < -0.39 is 41.6 Å². The van der Waals surface area contributed by atoms with Gasteiger partial charge in [-0.25, -0.2) is 14.2 Å². The summed E-state index contributed by atoms with van der Waals surface area (Å²) in [7, 11) is 1.17. The van der Waals surface area contributed by atoms with Gasteiger partial charge in [-0.1, -0.05) is 5.92 Å². The van der Waals surface area contributed by atoms with E-state index in [2.05, 4.69) is 20.6 Å². The first-order valence-electron chi connectivity index (χ1n) is 8.13. The van der Waals surface area contributed by atoms with Crippen molar-refractivity contribution in [2.24, 2.45) is 0 Å². The van der Waals surface area contributed by atoms with Crippen LogP contribution >= 0.6 is 0 Å². The minimum atomic E-state index is -1.24. The van der Waals surface area contributed by atoms with Crippen LogP contribution in [0.15, 0.2) is 9.59 Å². The number of hydrogen-bond donors (Lipinski definition) is 2.